The second-order valence-electron chi connectivity index (χ2n) is 3.21. The average molecular weight is 254 g/mol. The minimum atomic E-state index is 0.0867. The van der Waals surface area contributed by atoms with E-state index >= 15 is 0 Å². The fourth-order valence-corrected chi connectivity index (χ4v) is 2.00. The number of phenolic OH excluding ortho intramolecular Hbond substituents is 1. The summed E-state index contributed by atoms with van der Waals surface area (Å²) in [6.45, 7) is 0. The molecule has 0 aliphatic heterocycles. The third-order valence-corrected chi connectivity index (χ3v) is 2.82. The van der Waals surface area contributed by atoms with Crippen LogP contribution in [0.3, 0.4) is 0 Å². The highest BCUT2D eigenvalue weighted by Crippen LogP contribution is 2.34. The highest BCUT2D eigenvalue weighted by molar-refractivity contribution is 7.94. The number of benzene rings is 2. The van der Waals surface area contributed by atoms with E-state index in [0.29, 0.717) is 16.0 Å². The lowest BCUT2D eigenvalue weighted by atomic mass is 10.1. The summed E-state index contributed by atoms with van der Waals surface area (Å²) >= 11 is 0.768. The molecule has 0 atom stereocenters. The van der Waals surface area contributed by atoms with Crippen molar-refractivity contribution in [2.75, 3.05) is 5.43 Å². The quantitative estimate of drug-likeness (QED) is 0.287. The minimum absolute atomic E-state index is 0.0867. The molecule has 6 nitrogen and oxygen atoms in total. The molecule has 0 unspecified atom stereocenters. The second kappa shape index (κ2) is 5.21. The van der Waals surface area contributed by atoms with Crippen molar-refractivity contribution in [1.29, 1.82) is 0 Å². The number of nitrogen functional groups attached to an aromatic ring is 1. The Bertz CT molecular complexity index is 535. The van der Waals surface area contributed by atoms with Gasteiger partial charge in [-0.05, 0) is 18.2 Å². The molecule has 2 rings (SSSR count). The predicted octanol–water partition coefficient (Wildman–Crippen LogP) is 2.26. The van der Waals surface area contributed by atoms with E-state index in [1.54, 1.807) is 24.3 Å². The molecule has 0 heterocycles. The van der Waals surface area contributed by atoms with Gasteiger partial charge in [-0.1, -0.05) is 17.2 Å². The molecular formula is C10H10N2O4S. The van der Waals surface area contributed by atoms with E-state index in [2.05, 4.69) is 14.8 Å². The first kappa shape index (κ1) is 12.0. The maximum absolute atomic E-state index is 9.83. The lowest BCUT2D eigenvalue weighted by Crippen LogP contribution is -2.06. The Hall–Kier alpha value is -1.51. The van der Waals surface area contributed by atoms with Gasteiger partial charge in [0.25, 0.3) is 0 Å². The van der Waals surface area contributed by atoms with Crippen molar-refractivity contribution >= 4 is 28.5 Å². The number of hydrazine groups is 1. The first-order valence-corrected chi connectivity index (χ1v) is 5.37. The number of hydrogen-bond acceptors (Lipinski definition) is 7. The summed E-state index contributed by atoms with van der Waals surface area (Å²) in [4.78, 5) is 0.562. The Labute approximate surface area is 101 Å². The molecule has 0 saturated heterocycles. The van der Waals surface area contributed by atoms with Gasteiger partial charge >= 0.3 is 0 Å². The summed E-state index contributed by atoms with van der Waals surface area (Å²) in [6, 6.07) is 8.56. The largest absolute Gasteiger partial charge is 0.507 e. The van der Waals surface area contributed by atoms with Crippen molar-refractivity contribution in [1.82, 2.24) is 0 Å². The van der Waals surface area contributed by atoms with Gasteiger partial charge < -0.3 is 10.5 Å². The normalized spacial score (nSPS) is 10.7. The minimum Gasteiger partial charge on any atom is -0.507 e. The van der Waals surface area contributed by atoms with Crippen LogP contribution in [0, 0.1) is 0 Å². The number of aromatic hydroxyl groups is 1. The molecule has 0 aliphatic rings. The van der Waals surface area contributed by atoms with E-state index in [0.717, 1.165) is 17.4 Å². The average Bonchev–Trinajstić information content (AvgIpc) is 2.35. The third kappa shape index (κ3) is 2.43. The summed E-state index contributed by atoms with van der Waals surface area (Å²) in [5, 5.41) is 22.8. The van der Waals surface area contributed by atoms with Crippen LogP contribution in [0.2, 0.25) is 0 Å². The smallest absolute Gasteiger partial charge is 0.124 e. The molecule has 5 N–H and O–H groups in total. The van der Waals surface area contributed by atoms with Gasteiger partial charge in [-0.25, -0.2) is 5.26 Å². The van der Waals surface area contributed by atoms with Gasteiger partial charge in [-0.15, -0.1) is 4.33 Å². The monoisotopic (exact) mass is 254 g/mol. The standard InChI is InChI=1S/C10H10N2O4S/c11-12-9-3-1-2-7-8(9)4-6(5-10(7)13)17-16-15-14/h1-5,12-14H,11H2. The van der Waals surface area contributed by atoms with Gasteiger partial charge in [0.05, 0.1) is 17.7 Å². The number of rotatable bonds is 4. The van der Waals surface area contributed by atoms with Crippen molar-refractivity contribution < 1.29 is 19.7 Å². The third-order valence-electron chi connectivity index (χ3n) is 2.26. The van der Waals surface area contributed by atoms with Gasteiger partial charge in [0.15, 0.2) is 0 Å². The molecule has 2 aromatic rings. The van der Waals surface area contributed by atoms with Crippen molar-refractivity contribution in [2.45, 2.75) is 4.90 Å². The highest BCUT2D eigenvalue weighted by atomic mass is 32.2. The number of nitrogens with two attached hydrogens (primary N) is 1. The SMILES string of the molecule is NNc1cccc2c(O)cc(SOOO)cc12. The molecule has 0 radical (unpaired) electrons. The zero-order chi connectivity index (χ0) is 12.3. The first-order chi connectivity index (χ1) is 8.26. The predicted molar refractivity (Wildman–Crippen MR) is 64.1 cm³/mol. The molecule has 0 fully saturated rings. The molecule has 7 heteroatoms. The molecule has 0 spiro atoms. The molecular weight excluding hydrogens is 244 g/mol. The fourth-order valence-electron chi connectivity index (χ4n) is 1.57. The molecule has 0 aliphatic carbocycles. The van der Waals surface area contributed by atoms with Crippen LogP contribution in [0.1, 0.15) is 0 Å². The lowest BCUT2D eigenvalue weighted by Gasteiger charge is -2.08. The topological polar surface area (TPSA) is 97.0 Å². The molecule has 2 aromatic carbocycles. The van der Waals surface area contributed by atoms with Crippen LogP contribution in [-0.4, -0.2) is 10.4 Å². The molecule has 0 aromatic heterocycles. The van der Waals surface area contributed by atoms with Crippen LogP contribution < -0.4 is 11.3 Å². The molecule has 0 bridgehead atoms. The van der Waals surface area contributed by atoms with Gasteiger partial charge in [0.2, 0.25) is 0 Å². The summed E-state index contributed by atoms with van der Waals surface area (Å²) in [7, 11) is 0. The maximum atomic E-state index is 9.83. The molecule has 0 saturated carbocycles. The Balaban J connectivity index is 2.53. The van der Waals surface area contributed by atoms with Crippen molar-refractivity contribution in [2.24, 2.45) is 5.84 Å². The fraction of sp³-hybridized carbons (Fsp3) is 0. The van der Waals surface area contributed by atoms with Gasteiger partial charge in [0, 0.05) is 15.7 Å². The second-order valence-corrected chi connectivity index (χ2v) is 3.99. The van der Waals surface area contributed by atoms with Gasteiger partial charge in [0.1, 0.15) is 5.75 Å². The Morgan fingerprint density at radius 1 is 1.24 bits per heavy atom. The number of hydrogen-bond donors (Lipinski definition) is 4. The lowest BCUT2D eigenvalue weighted by molar-refractivity contribution is -0.432. The Morgan fingerprint density at radius 3 is 2.76 bits per heavy atom. The zero-order valence-corrected chi connectivity index (χ0v) is 9.40. The summed E-state index contributed by atoms with van der Waals surface area (Å²) in [6.07, 6.45) is 0. The summed E-state index contributed by atoms with van der Waals surface area (Å²) < 4.78 is 4.31. The van der Waals surface area contributed by atoms with Crippen LogP contribution in [0.15, 0.2) is 35.2 Å². The van der Waals surface area contributed by atoms with Crippen LogP contribution in [0.5, 0.6) is 5.75 Å². The zero-order valence-electron chi connectivity index (χ0n) is 8.58. The molecule has 90 valence electrons. The van der Waals surface area contributed by atoms with Crippen LogP contribution in [0.25, 0.3) is 10.8 Å². The number of anilines is 1. The van der Waals surface area contributed by atoms with Gasteiger partial charge in [-0.3, -0.25) is 5.84 Å². The first-order valence-electron chi connectivity index (χ1n) is 4.63. The van der Waals surface area contributed by atoms with Crippen molar-refractivity contribution in [3.8, 4) is 5.75 Å². The summed E-state index contributed by atoms with van der Waals surface area (Å²) in [5.41, 5.74) is 3.21. The maximum Gasteiger partial charge on any atom is 0.124 e. The number of fused-ring (bicyclic) bond motifs is 1. The van der Waals surface area contributed by atoms with E-state index in [9.17, 15) is 5.11 Å². The number of phenols is 1. The van der Waals surface area contributed by atoms with E-state index in [4.69, 9.17) is 11.1 Å². The Kier molecular flexibility index (Phi) is 3.67. The van der Waals surface area contributed by atoms with E-state index in [1.165, 1.54) is 6.07 Å². The van der Waals surface area contributed by atoms with E-state index < -0.39 is 0 Å². The number of nitrogens with one attached hydrogen (secondary N) is 1. The van der Waals surface area contributed by atoms with Crippen molar-refractivity contribution in [3.05, 3.63) is 30.3 Å². The Morgan fingerprint density at radius 2 is 2.06 bits per heavy atom. The molecule has 0 amide bonds. The van der Waals surface area contributed by atoms with E-state index in [-0.39, 0.29) is 5.75 Å². The van der Waals surface area contributed by atoms with Gasteiger partial charge in [-0.2, -0.15) is 0 Å². The summed E-state index contributed by atoms with van der Waals surface area (Å²) in [5.74, 6) is 5.47. The van der Waals surface area contributed by atoms with Crippen LogP contribution in [-0.2, 0) is 9.37 Å². The highest BCUT2D eigenvalue weighted by Gasteiger charge is 2.07. The molecule has 17 heavy (non-hydrogen) atoms. The van der Waals surface area contributed by atoms with Crippen LogP contribution in [0.4, 0.5) is 5.69 Å². The van der Waals surface area contributed by atoms with E-state index in [1.807, 2.05) is 0 Å². The van der Waals surface area contributed by atoms with Crippen molar-refractivity contribution in [3.63, 3.8) is 0 Å². The van der Waals surface area contributed by atoms with Crippen LogP contribution >= 0.6 is 12.0 Å².